The Morgan fingerprint density at radius 1 is 1.53 bits per heavy atom. The second-order valence-electron chi connectivity index (χ2n) is 4.94. The van der Waals surface area contributed by atoms with E-state index in [1.54, 1.807) is 18.2 Å². The molecule has 0 aromatic heterocycles. The van der Waals surface area contributed by atoms with Gasteiger partial charge in [0.25, 0.3) is 5.91 Å². The van der Waals surface area contributed by atoms with Crippen molar-refractivity contribution in [3.05, 3.63) is 28.8 Å². The molecule has 5 heteroatoms. The van der Waals surface area contributed by atoms with Gasteiger partial charge in [0.05, 0.1) is 18.8 Å². The van der Waals surface area contributed by atoms with Crippen molar-refractivity contribution < 1.29 is 9.53 Å². The fourth-order valence-electron chi connectivity index (χ4n) is 2.33. The fraction of sp³-hybridized carbons (Fsp3) is 0.500. The number of rotatable bonds is 2. The van der Waals surface area contributed by atoms with Crippen LogP contribution in [-0.4, -0.2) is 36.1 Å². The molecule has 0 radical (unpaired) electrons. The first-order valence-corrected chi connectivity index (χ1v) is 6.87. The van der Waals surface area contributed by atoms with E-state index < -0.39 is 0 Å². The predicted molar refractivity (Wildman–Crippen MR) is 76.4 cm³/mol. The van der Waals surface area contributed by atoms with Gasteiger partial charge in [0.2, 0.25) is 0 Å². The molecule has 2 atom stereocenters. The lowest BCUT2D eigenvalue weighted by Crippen LogP contribution is -2.51. The zero-order chi connectivity index (χ0) is 14.0. The third-order valence-electron chi connectivity index (χ3n) is 3.37. The molecular weight excluding hydrogens is 264 g/mol. The first-order chi connectivity index (χ1) is 9.01. The van der Waals surface area contributed by atoms with Crippen molar-refractivity contribution in [2.45, 2.75) is 32.4 Å². The molecule has 1 aliphatic rings. The highest BCUT2D eigenvalue weighted by molar-refractivity contribution is 6.31. The lowest BCUT2D eigenvalue weighted by molar-refractivity contribution is -0.0444. The standard InChI is InChI=1S/C14H19ClN2O2/c1-3-13-8-19-9(2)7-17(13)14(18)10-4-11(15)6-12(16)5-10/h4-6,9,13H,3,7-8,16H2,1-2H3. The van der Waals surface area contributed by atoms with Gasteiger partial charge in [-0.05, 0) is 31.5 Å². The highest BCUT2D eigenvalue weighted by Gasteiger charge is 2.30. The van der Waals surface area contributed by atoms with Gasteiger partial charge in [-0.15, -0.1) is 0 Å². The predicted octanol–water partition coefficient (Wildman–Crippen LogP) is 2.56. The normalized spacial score (nSPS) is 23.4. The van der Waals surface area contributed by atoms with Crippen LogP contribution < -0.4 is 5.73 Å². The molecule has 1 aliphatic heterocycles. The number of carbonyl (C=O) groups is 1. The Balaban J connectivity index is 2.25. The van der Waals surface area contributed by atoms with Gasteiger partial charge >= 0.3 is 0 Å². The summed E-state index contributed by atoms with van der Waals surface area (Å²) < 4.78 is 5.60. The van der Waals surface area contributed by atoms with Crippen LogP contribution in [0.25, 0.3) is 0 Å². The minimum Gasteiger partial charge on any atom is -0.399 e. The highest BCUT2D eigenvalue weighted by Crippen LogP contribution is 2.22. The summed E-state index contributed by atoms with van der Waals surface area (Å²) in [6, 6.07) is 5.08. The molecule has 1 amide bonds. The molecule has 0 bridgehead atoms. The molecule has 1 fully saturated rings. The molecule has 1 heterocycles. The molecule has 4 nitrogen and oxygen atoms in total. The van der Waals surface area contributed by atoms with Crippen molar-refractivity contribution in [1.29, 1.82) is 0 Å². The number of anilines is 1. The van der Waals surface area contributed by atoms with E-state index in [-0.39, 0.29) is 18.1 Å². The topological polar surface area (TPSA) is 55.6 Å². The largest absolute Gasteiger partial charge is 0.399 e. The number of ether oxygens (including phenoxy) is 1. The average Bonchev–Trinajstić information content (AvgIpc) is 2.36. The summed E-state index contributed by atoms with van der Waals surface area (Å²) in [6.45, 7) is 5.21. The summed E-state index contributed by atoms with van der Waals surface area (Å²) in [5, 5.41) is 0.484. The molecule has 19 heavy (non-hydrogen) atoms. The number of nitrogens with zero attached hydrogens (tertiary/aromatic N) is 1. The van der Waals surface area contributed by atoms with E-state index >= 15 is 0 Å². The molecule has 0 aliphatic carbocycles. The second-order valence-corrected chi connectivity index (χ2v) is 5.37. The first kappa shape index (κ1) is 14.2. The number of nitrogens with two attached hydrogens (primary N) is 1. The summed E-state index contributed by atoms with van der Waals surface area (Å²) in [5.41, 5.74) is 6.79. The maximum atomic E-state index is 12.6. The lowest BCUT2D eigenvalue weighted by atomic mass is 10.1. The number of hydrogen-bond acceptors (Lipinski definition) is 3. The monoisotopic (exact) mass is 282 g/mol. The van der Waals surface area contributed by atoms with E-state index in [2.05, 4.69) is 6.92 Å². The van der Waals surface area contributed by atoms with Crippen LogP contribution in [0.15, 0.2) is 18.2 Å². The van der Waals surface area contributed by atoms with Gasteiger partial charge in [0.15, 0.2) is 0 Å². The van der Waals surface area contributed by atoms with Crippen LogP contribution in [0, 0.1) is 0 Å². The Kier molecular flexibility index (Phi) is 4.32. The van der Waals surface area contributed by atoms with Crippen LogP contribution in [0.3, 0.4) is 0 Å². The van der Waals surface area contributed by atoms with Crippen LogP contribution in [0.2, 0.25) is 5.02 Å². The molecule has 104 valence electrons. The minimum absolute atomic E-state index is 0.0313. The fourth-order valence-corrected chi connectivity index (χ4v) is 2.58. The number of morpholine rings is 1. The Morgan fingerprint density at radius 2 is 2.26 bits per heavy atom. The molecule has 1 aromatic rings. The Morgan fingerprint density at radius 3 is 2.89 bits per heavy atom. The van der Waals surface area contributed by atoms with E-state index in [0.29, 0.717) is 29.4 Å². The van der Waals surface area contributed by atoms with E-state index in [0.717, 1.165) is 6.42 Å². The van der Waals surface area contributed by atoms with Gasteiger partial charge in [0.1, 0.15) is 0 Å². The van der Waals surface area contributed by atoms with Gasteiger partial charge in [-0.2, -0.15) is 0 Å². The summed E-state index contributed by atoms with van der Waals surface area (Å²) in [5.74, 6) is -0.0313. The van der Waals surface area contributed by atoms with E-state index in [1.807, 2.05) is 11.8 Å². The third kappa shape index (κ3) is 3.19. The number of halogens is 1. The van der Waals surface area contributed by atoms with Crippen molar-refractivity contribution >= 4 is 23.2 Å². The Hall–Kier alpha value is -1.26. The zero-order valence-electron chi connectivity index (χ0n) is 11.2. The summed E-state index contributed by atoms with van der Waals surface area (Å²) in [6.07, 6.45) is 0.928. The first-order valence-electron chi connectivity index (χ1n) is 6.50. The number of hydrogen-bond donors (Lipinski definition) is 1. The average molecular weight is 283 g/mol. The zero-order valence-corrected chi connectivity index (χ0v) is 12.0. The van der Waals surface area contributed by atoms with Crippen LogP contribution in [0.4, 0.5) is 5.69 Å². The van der Waals surface area contributed by atoms with Crippen LogP contribution in [0.1, 0.15) is 30.6 Å². The van der Waals surface area contributed by atoms with Gasteiger partial charge in [-0.1, -0.05) is 18.5 Å². The van der Waals surface area contributed by atoms with Gasteiger partial charge in [-0.3, -0.25) is 4.79 Å². The molecule has 2 N–H and O–H groups in total. The number of benzene rings is 1. The molecule has 0 spiro atoms. The smallest absolute Gasteiger partial charge is 0.254 e. The Labute approximate surface area is 118 Å². The van der Waals surface area contributed by atoms with Gasteiger partial charge in [0, 0.05) is 22.8 Å². The van der Waals surface area contributed by atoms with Crippen LogP contribution in [0.5, 0.6) is 0 Å². The van der Waals surface area contributed by atoms with Crippen LogP contribution >= 0.6 is 11.6 Å². The van der Waals surface area contributed by atoms with E-state index in [4.69, 9.17) is 22.1 Å². The number of nitrogen functional groups attached to an aromatic ring is 1. The third-order valence-corrected chi connectivity index (χ3v) is 3.59. The number of amides is 1. The lowest BCUT2D eigenvalue weighted by Gasteiger charge is -2.38. The van der Waals surface area contributed by atoms with E-state index in [1.165, 1.54) is 0 Å². The summed E-state index contributed by atoms with van der Waals surface area (Å²) in [7, 11) is 0. The van der Waals surface area contributed by atoms with Crippen molar-refractivity contribution in [1.82, 2.24) is 4.90 Å². The highest BCUT2D eigenvalue weighted by atomic mass is 35.5. The quantitative estimate of drug-likeness (QED) is 0.848. The molecule has 1 aromatic carbocycles. The number of carbonyl (C=O) groups excluding carboxylic acids is 1. The molecule has 2 rings (SSSR count). The SMILES string of the molecule is CCC1COC(C)CN1C(=O)c1cc(N)cc(Cl)c1. The molecule has 1 saturated heterocycles. The maximum absolute atomic E-state index is 12.6. The second kappa shape index (κ2) is 5.80. The Bertz CT molecular complexity index is 458. The van der Waals surface area contributed by atoms with Gasteiger partial charge in [-0.25, -0.2) is 0 Å². The molecular formula is C14H19ClN2O2. The van der Waals surface area contributed by atoms with Crippen LogP contribution in [-0.2, 0) is 4.74 Å². The summed E-state index contributed by atoms with van der Waals surface area (Å²) >= 11 is 5.96. The van der Waals surface area contributed by atoms with Crippen molar-refractivity contribution in [2.75, 3.05) is 18.9 Å². The van der Waals surface area contributed by atoms with Crippen molar-refractivity contribution in [3.63, 3.8) is 0 Å². The van der Waals surface area contributed by atoms with E-state index in [9.17, 15) is 4.79 Å². The van der Waals surface area contributed by atoms with Crippen molar-refractivity contribution in [2.24, 2.45) is 0 Å². The summed E-state index contributed by atoms with van der Waals surface area (Å²) in [4.78, 5) is 14.4. The molecule has 2 unspecified atom stereocenters. The maximum Gasteiger partial charge on any atom is 0.254 e. The molecule has 0 saturated carbocycles. The van der Waals surface area contributed by atoms with Gasteiger partial charge < -0.3 is 15.4 Å². The van der Waals surface area contributed by atoms with Crippen molar-refractivity contribution in [3.8, 4) is 0 Å². The minimum atomic E-state index is -0.0313.